The molecule has 7 nitrogen and oxygen atoms in total. The minimum Gasteiger partial charge on any atom is -0.448 e. The van der Waals surface area contributed by atoms with Crippen molar-refractivity contribution >= 4 is 38.9 Å². The largest absolute Gasteiger partial charge is 0.448 e. The zero-order valence-corrected chi connectivity index (χ0v) is 17.9. The molecule has 0 aliphatic carbocycles. The highest BCUT2D eigenvalue weighted by atomic mass is 32.2. The first-order valence-electron chi connectivity index (χ1n) is 8.67. The molecule has 0 spiro atoms. The predicted molar refractivity (Wildman–Crippen MR) is 110 cm³/mol. The molecule has 2 rings (SSSR count). The molecule has 0 aliphatic heterocycles. The van der Waals surface area contributed by atoms with E-state index < -0.39 is 28.0 Å². The number of nitrogens with one attached hydrogen (secondary N) is 2. The lowest BCUT2D eigenvalue weighted by Crippen LogP contribution is -2.30. The number of benzene rings is 1. The van der Waals surface area contributed by atoms with E-state index in [1.165, 1.54) is 18.3 Å². The van der Waals surface area contributed by atoms with Gasteiger partial charge in [-0.2, -0.15) is 0 Å². The topological polar surface area (TPSA) is 102 Å². The van der Waals surface area contributed by atoms with Gasteiger partial charge >= 0.3 is 5.97 Å². The van der Waals surface area contributed by atoms with Crippen LogP contribution in [0.1, 0.15) is 32.6 Å². The van der Waals surface area contributed by atoms with Gasteiger partial charge in [-0.05, 0) is 56.5 Å². The predicted octanol–water partition coefficient (Wildman–Crippen LogP) is 2.64. The zero-order chi connectivity index (χ0) is 20.9. The van der Waals surface area contributed by atoms with Gasteiger partial charge < -0.3 is 10.1 Å². The Balaban J connectivity index is 1.91. The number of esters is 1. The van der Waals surface area contributed by atoms with Crippen LogP contribution in [0.3, 0.4) is 0 Å². The number of hydrogen-bond acceptors (Lipinski definition) is 6. The van der Waals surface area contributed by atoms with Crippen LogP contribution >= 0.6 is 11.3 Å². The molecule has 152 valence electrons. The first kappa shape index (κ1) is 22.1. The molecule has 28 heavy (non-hydrogen) atoms. The van der Waals surface area contributed by atoms with Crippen LogP contribution in [0.2, 0.25) is 0 Å². The number of aryl methyl sites for hydroxylation is 2. The summed E-state index contributed by atoms with van der Waals surface area (Å²) in [6.45, 7) is 5.58. The molecule has 2 N–H and O–H groups in total. The summed E-state index contributed by atoms with van der Waals surface area (Å²) in [5, 5.41) is 2.78. The van der Waals surface area contributed by atoms with Crippen LogP contribution in [0, 0.1) is 13.8 Å². The fourth-order valence-corrected chi connectivity index (χ4v) is 3.72. The van der Waals surface area contributed by atoms with Crippen molar-refractivity contribution in [2.24, 2.45) is 0 Å². The Bertz CT molecular complexity index is 966. The summed E-state index contributed by atoms with van der Waals surface area (Å²) in [6, 6.07) is 9.07. The molecule has 1 unspecified atom stereocenters. The quantitative estimate of drug-likeness (QED) is 0.635. The van der Waals surface area contributed by atoms with Crippen molar-refractivity contribution in [1.82, 2.24) is 4.72 Å². The SMILES string of the molecule is Cc1ccc(C)c(NC(=O)C(C)OC(=O)c2ccc(CCNS(C)(=O)=O)s2)c1. The van der Waals surface area contributed by atoms with Crippen molar-refractivity contribution < 1.29 is 22.7 Å². The van der Waals surface area contributed by atoms with E-state index in [-0.39, 0.29) is 6.54 Å². The molecule has 0 fully saturated rings. The van der Waals surface area contributed by atoms with Crippen molar-refractivity contribution in [2.45, 2.75) is 33.3 Å². The Morgan fingerprint density at radius 2 is 1.89 bits per heavy atom. The molecule has 2 aromatic rings. The van der Waals surface area contributed by atoms with E-state index in [0.29, 0.717) is 17.0 Å². The highest BCUT2D eigenvalue weighted by Crippen LogP contribution is 2.20. The van der Waals surface area contributed by atoms with E-state index in [9.17, 15) is 18.0 Å². The monoisotopic (exact) mass is 424 g/mol. The van der Waals surface area contributed by atoms with Gasteiger partial charge in [0.1, 0.15) is 4.88 Å². The van der Waals surface area contributed by atoms with Crippen LogP contribution in [0.5, 0.6) is 0 Å². The van der Waals surface area contributed by atoms with Gasteiger partial charge in [0.25, 0.3) is 5.91 Å². The maximum Gasteiger partial charge on any atom is 0.349 e. The average Bonchev–Trinajstić information content (AvgIpc) is 3.06. The summed E-state index contributed by atoms with van der Waals surface area (Å²) in [6.07, 6.45) is 0.604. The van der Waals surface area contributed by atoms with E-state index in [1.807, 2.05) is 32.0 Å². The maximum absolute atomic E-state index is 12.3. The molecular weight excluding hydrogens is 400 g/mol. The summed E-state index contributed by atoms with van der Waals surface area (Å²) in [7, 11) is -3.24. The van der Waals surface area contributed by atoms with E-state index in [1.54, 1.807) is 12.1 Å². The van der Waals surface area contributed by atoms with Gasteiger partial charge in [0.2, 0.25) is 10.0 Å². The highest BCUT2D eigenvalue weighted by Gasteiger charge is 2.20. The molecule has 9 heteroatoms. The van der Waals surface area contributed by atoms with E-state index in [4.69, 9.17) is 4.74 Å². The Kier molecular flexibility index (Phi) is 7.34. The number of sulfonamides is 1. The van der Waals surface area contributed by atoms with Crippen molar-refractivity contribution in [3.63, 3.8) is 0 Å². The Hall–Kier alpha value is -2.23. The molecule has 0 bridgehead atoms. The van der Waals surface area contributed by atoms with Crippen LogP contribution in [-0.2, 0) is 26.0 Å². The molecule has 1 amide bonds. The highest BCUT2D eigenvalue weighted by molar-refractivity contribution is 7.88. The second-order valence-electron chi connectivity index (χ2n) is 6.54. The van der Waals surface area contributed by atoms with Crippen LogP contribution in [-0.4, -0.2) is 39.2 Å². The number of amides is 1. The van der Waals surface area contributed by atoms with E-state index in [2.05, 4.69) is 10.0 Å². The van der Waals surface area contributed by atoms with Crippen LogP contribution < -0.4 is 10.0 Å². The third-order valence-electron chi connectivity index (χ3n) is 3.90. The molecule has 0 aliphatic rings. The third kappa shape index (κ3) is 6.74. The number of hydrogen-bond donors (Lipinski definition) is 2. The Morgan fingerprint density at radius 1 is 1.18 bits per heavy atom. The van der Waals surface area contributed by atoms with Gasteiger partial charge in [0, 0.05) is 17.1 Å². The van der Waals surface area contributed by atoms with Crippen molar-refractivity contribution in [3.8, 4) is 0 Å². The van der Waals surface area contributed by atoms with Crippen LogP contribution in [0.25, 0.3) is 0 Å². The minimum atomic E-state index is -3.24. The van der Waals surface area contributed by atoms with Crippen LogP contribution in [0.15, 0.2) is 30.3 Å². The zero-order valence-electron chi connectivity index (χ0n) is 16.2. The number of thiophene rings is 1. The molecule has 0 saturated heterocycles. The fourth-order valence-electron chi connectivity index (χ4n) is 2.36. The Labute approximate surface area is 169 Å². The van der Waals surface area contributed by atoms with Gasteiger partial charge in [-0.25, -0.2) is 17.9 Å². The van der Waals surface area contributed by atoms with E-state index >= 15 is 0 Å². The first-order valence-corrected chi connectivity index (χ1v) is 11.4. The molecule has 1 aromatic carbocycles. The number of carbonyl (C=O) groups is 2. The lowest BCUT2D eigenvalue weighted by Gasteiger charge is -2.14. The van der Waals surface area contributed by atoms with Crippen molar-refractivity contribution in [3.05, 3.63) is 51.2 Å². The van der Waals surface area contributed by atoms with Gasteiger partial charge in [-0.1, -0.05) is 12.1 Å². The summed E-state index contributed by atoms with van der Waals surface area (Å²) in [5.41, 5.74) is 2.62. The second-order valence-corrected chi connectivity index (χ2v) is 9.54. The minimum absolute atomic E-state index is 0.252. The van der Waals surface area contributed by atoms with Gasteiger partial charge in [0.15, 0.2) is 6.10 Å². The molecule has 1 heterocycles. The van der Waals surface area contributed by atoms with Crippen LogP contribution in [0.4, 0.5) is 5.69 Å². The number of rotatable bonds is 8. The summed E-state index contributed by atoms with van der Waals surface area (Å²) in [4.78, 5) is 25.8. The normalized spacial score (nSPS) is 12.4. The summed E-state index contributed by atoms with van der Waals surface area (Å²) >= 11 is 1.21. The smallest absolute Gasteiger partial charge is 0.349 e. The van der Waals surface area contributed by atoms with Gasteiger partial charge in [-0.3, -0.25) is 4.79 Å². The fraction of sp³-hybridized carbons (Fsp3) is 0.368. The molecule has 0 saturated carbocycles. The summed E-state index contributed by atoms with van der Waals surface area (Å²) in [5.74, 6) is -0.993. The number of ether oxygens (including phenoxy) is 1. The summed E-state index contributed by atoms with van der Waals surface area (Å²) < 4.78 is 29.8. The lowest BCUT2D eigenvalue weighted by atomic mass is 10.1. The number of anilines is 1. The second kappa shape index (κ2) is 9.31. The lowest BCUT2D eigenvalue weighted by molar-refractivity contribution is -0.123. The molecule has 1 aromatic heterocycles. The van der Waals surface area contributed by atoms with Crippen molar-refractivity contribution in [1.29, 1.82) is 0 Å². The maximum atomic E-state index is 12.3. The van der Waals surface area contributed by atoms with E-state index in [0.717, 1.165) is 22.3 Å². The van der Waals surface area contributed by atoms with Crippen molar-refractivity contribution in [2.75, 3.05) is 18.1 Å². The number of carbonyl (C=O) groups excluding carboxylic acids is 2. The Morgan fingerprint density at radius 3 is 2.57 bits per heavy atom. The standard InChI is InChI=1S/C19H24N2O5S2/c1-12-5-6-13(2)16(11-12)21-18(22)14(3)26-19(23)17-8-7-15(27-17)9-10-20-28(4,24)25/h5-8,11,14,20H,9-10H2,1-4H3,(H,21,22). The molecule has 1 atom stereocenters. The van der Waals surface area contributed by atoms with Gasteiger partial charge in [0.05, 0.1) is 6.26 Å². The average molecular weight is 425 g/mol. The molecular formula is C19H24N2O5S2. The van der Waals surface area contributed by atoms with Gasteiger partial charge in [-0.15, -0.1) is 11.3 Å². The third-order valence-corrected chi connectivity index (χ3v) is 5.76. The molecule has 0 radical (unpaired) electrons. The first-order chi connectivity index (χ1) is 13.0.